The molecule has 1 saturated heterocycles. The molecule has 2 aliphatic rings. The second-order valence-corrected chi connectivity index (χ2v) is 5.84. The molecule has 0 aromatic heterocycles. The first kappa shape index (κ1) is 13.4. The van der Waals surface area contributed by atoms with Crippen molar-refractivity contribution >= 4 is 17.3 Å². The predicted octanol–water partition coefficient (Wildman–Crippen LogP) is 2.68. The van der Waals surface area contributed by atoms with Gasteiger partial charge < -0.3 is 10.6 Å². The molecule has 0 bridgehead atoms. The lowest BCUT2D eigenvalue weighted by atomic mass is 10.2. The molecule has 3 rings (SSSR count). The first-order valence-corrected chi connectivity index (χ1v) is 7.65. The number of anilines is 2. The Morgan fingerprint density at radius 2 is 2.10 bits per heavy atom. The van der Waals surface area contributed by atoms with Crippen LogP contribution < -0.4 is 10.6 Å². The highest BCUT2D eigenvalue weighted by molar-refractivity contribution is 5.90. The van der Waals surface area contributed by atoms with Gasteiger partial charge in [-0.05, 0) is 37.5 Å². The minimum atomic E-state index is 0.0583. The Morgan fingerprint density at radius 3 is 2.85 bits per heavy atom. The Hall–Kier alpha value is -1.55. The summed E-state index contributed by atoms with van der Waals surface area (Å²) < 4.78 is 0. The average molecular weight is 273 g/mol. The van der Waals surface area contributed by atoms with E-state index in [2.05, 4.69) is 21.6 Å². The SMILES string of the molecule is CCC(=O)Nc1cccc(NC2CCN(C3CC3)C2)c1. The van der Waals surface area contributed by atoms with Gasteiger partial charge in [0.25, 0.3) is 0 Å². The van der Waals surface area contributed by atoms with Gasteiger partial charge in [-0.1, -0.05) is 13.0 Å². The van der Waals surface area contributed by atoms with Gasteiger partial charge in [-0.15, -0.1) is 0 Å². The number of benzene rings is 1. The number of nitrogens with zero attached hydrogens (tertiary/aromatic N) is 1. The maximum absolute atomic E-state index is 11.4. The molecule has 1 aliphatic heterocycles. The molecule has 4 heteroatoms. The minimum Gasteiger partial charge on any atom is -0.381 e. The number of carbonyl (C=O) groups is 1. The lowest BCUT2D eigenvalue weighted by Crippen LogP contribution is -2.27. The van der Waals surface area contributed by atoms with E-state index in [0.29, 0.717) is 12.5 Å². The van der Waals surface area contributed by atoms with Gasteiger partial charge in [0, 0.05) is 43.0 Å². The fourth-order valence-corrected chi connectivity index (χ4v) is 2.85. The second-order valence-electron chi connectivity index (χ2n) is 5.84. The van der Waals surface area contributed by atoms with E-state index in [4.69, 9.17) is 0 Å². The molecule has 1 aromatic rings. The standard InChI is InChI=1S/C16H23N3O/c1-2-16(20)18-13-5-3-4-12(10-13)17-14-8-9-19(11-14)15-6-7-15/h3-5,10,14-15,17H,2,6-9,11H2,1H3,(H,18,20). The molecule has 2 N–H and O–H groups in total. The first-order chi connectivity index (χ1) is 9.74. The van der Waals surface area contributed by atoms with Crippen molar-refractivity contribution < 1.29 is 4.79 Å². The fourth-order valence-electron chi connectivity index (χ4n) is 2.85. The third-order valence-electron chi connectivity index (χ3n) is 4.12. The summed E-state index contributed by atoms with van der Waals surface area (Å²) in [6.45, 7) is 4.23. The number of carbonyl (C=O) groups excluding carboxylic acids is 1. The minimum absolute atomic E-state index is 0.0583. The zero-order valence-corrected chi connectivity index (χ0v) is 12.1. The monoisotopic (exact) mass is 273 g/mol. The third-order valence-corrected chi connectivity index (χ3v) is 4.12. The van der Waals surface area contributed by atoms with Crippen LogP contribution in [0, 0.1) is 0 Å². The number of hydrogen-bond acceptors (Lipinski definition) is 3. The van der Waals surface area contributed by atoms with Crippen molar-refractivity contribution in [2.45, 2.75) is 44.7 Å². The zero-order chi connectivity index (χ0) is 13.9. The molecular formula is C16H23N3O. The van der Waals surface area contributed by atoms with Gasteiger partial charge in [0.2, 0.25) is 5.91 Å². The highest BCUT2D eigenvalue weighted by Gasteiger charge is 2.34. The van der Waals surface area contributed by atoms with Crippen LogP contribution >= 0.6 is 0 Å². The van der Waals surface area contributed by atoms with Crippen molar-refractivity contribution in [2.24, 2.45) is 0 Å². The number of hydrogen-bond donors (Lipinski definition) is 2. The largest absolute Gasteiger partial charge is 0.381 e. The van der Waals surface area contributed by atoms with Gasteiger partial charge in [0.05, 0.1) is 0 Å². The van der Waals surface area contributed by atoms with Gasteiger partial charge in [0.1, 0.15) is 0 Å². The number of likely N-dealkylation sites (tertiary alicyclic amines) is 1. The summed E-state index contributed by atoms with van der Waals surface area (Å²) >= 11 is 0. The Morgan fingerprint density at radius 1 is 1.30 bits per heavy atom. The van der Waals surface area contributed by atoms with Crippen LogP contribution in [0.15, 0.2) is 24.3 Å². The van der Waals surface area contributed by atoms with Crippen LogP contribution in [-0.4, -0.2) is 36.0 Å². The van der Waals surface area contributed by atoms with E-state index in [9.17, 15) is 4.79 Å². The fraction of sp³-hybridized carbons (Fsp3) is 0.562. The van der Waals surface area contributed by atoms with Crippen LogP contribution in [0.1, 0.15) is 32.6 Å². The summed E-state index contributed by atoms with van der Waals surface area (Å²) in [5.74, 6) is 0.0583. The van der Waals surface area contributed by atoms with Crippen LogP contribution in [-0.2, 0) is 4.79 Å². The predicted molar refractivity (Wildman–Crippen MR) is 82.0 cm³/mol. The molecule has 0 radical (unpaired) electrons. The molecule has 1 aliphatic carbocycles. The highest BCUT2D eigenvalue weighted by Crippen LogP contribution is 2.30. The number of amides is 1. The molecule has 20 heavy (non-hydrogen) atoms. The van der Waals surface area contributed by atoms with Crippen molar-refractivity contribution in [3.8, 4) is 0 Å². The molecular weight excluding hydrogens is 250 g/mol. The molecule has 2 fully saturated rings. The quantitative estimate of drug-likeness (QED) is 0.867. The molecule has 1 amide bonds. The molecule has 1 heterocycles. The van der Waals surface area contributed by atoms with Crippen molar-refractivity contribution in [2.75, 3.05) is 23.7 Å². The molecule has 1 unspecified atom stereocenters. The normalized spacial score (nSPS) is 22.8. The van der Waals surface area contributed by atoms with Crippen molar-refractivity contribution in [3.05, 3.63) is 24.3 Å². The molecule has 1 aromatic carbocycles. The summed E-state index contributed by atoms with van der Waals surface area (Å²) in [5.41, 5.74) is 1.97. The maximum atomic E-state index is 11.4. The first-order valence-electron chi connectivity index (χ1n) is 7.65. The zero-order valence-electron chi connectivity index (χ0n) is 12.1. The van der Waals surface area contributed by atoms with Crippen molar-refractivity contribution in [1.29, 1.82) is 0 Å². The van der Waals surface area contributed by atoms with E-state index in [1.54, 1.807) is 0 Å². The lowest BCUT2D eigenvalue weighted by Gasteiger charge is -2.17. The Kier molecular flexibility index (Phi) is 3.92. The van der Waals surface area contributed by atoms with Gasteiger partial charge in [-0.3, -0.25) is 9.69 Å². The Labute approximate surface area is 120 Å². The van der Waals surface area contributed by atoms with Gasteiger partial charge in [-0.2, -0.15) is 0 Å². The number of rotatable bonds is 5. The second kappa shape index (κ2) is 5.83. The van der Waals surface area contributed by atoms with Crippen LogP contribution in [0.3, 0.4) is 0 Å². The topological polar surface area (TPSA) is 44.4 Å². The van der Waals surface area contributed by atoms with Gasteiger partial charge in [-0.25, -0.2) is 0 Å². The summed E-state index contributed by atoms with van der Waals surface area (Å²) in [6, 6.07) is 9.41. The van der Waals surface area contributed by atoms with Crippen LogP contribution in [0.2, 0.25) is 0 Å². The van der Waals surface area contributed by atoms with Gasteiger partial charge in [0.15, 0.2) is 0 Å². The highest BCUT2D eigenvalue weighted by atomic mass is 16.1. The van der Waals surface area contributed by atoms with E-state index in [1.165, 1.54) is 25.8 Å². The molecule has 0 spiro atoms. The van der Waals surface area contributed by atoms with E-state index >= 15 is 0 Å². The van der Waals surface area contributed by atoms with Gasteiger partial charge >= 0.3 is 0 Å². The Balaban J connectivity index is 1.57. The number of nitrogens with one attached hydrogen (secondary N) is 2. The van der Waals surface area contributed by atoms with E-state index in [1.807, 2.05) is 25.1 Å². The molecule has 4 nitrogen and oxygen atoms in total. The molecule has 1 saturated carbocycles. The summed E-state index contributed by atoms with van der Waals surface area (Å²) in [5, 5.41) is 6.50. The van der Waals surface area contributed by atoms with Crippen molar-refractivity contribution in [3.63, 3.8) is 0 Å². The molecule has 108 valence electrons. The van der Waals surface area contributed by atoms with E-state index in [-0.39, 0.29) is 5.91 Å². The van der Waals surface area contributed by atoms with E-state index < -0.39 is 0 Å². The third kappa shape index (κ3) is 3.31. The average Bonchev–Trinajstić information content (AvgIpc) is 3.20. The maximum Gasteiger partial charge on any atom is 0.224 e. The lowest BCUT2D eigenvalue weighted by molar-refractivity contribution is -0.115. The Bertz CT molecular complexity index is 484. The van der Waals surface area contributed by atoms with Crippen molar-refractivity contribution in [1.82, 2.24) is 4.90 Å². The van der Waals surface area contributed by atoms with Crippen LogP contribution in [0.25, 0.3) is 0 Å². The summed E-state index contributed by atoms with van der Waals surface area (Å²) in [4.78, 5) is 14.0. The molecule has 1 atom stereocenters. The summed E-state index contributed by atoms with van der Waals surface area (Å²) in [6.07, 6.45) is 4.48. The summed E-state index contributed by atoms with van der Waals surface area (Å²) in [7, 11) is 0. The smallest absolute Gasteiger partial charge is 0.224 e. The van der Waals surface area contributed by atoms with Crippen LogP contribution in [0.4, 0.5) is 11.4 Å². The van der Waals surface area contributed by atoms with E-state index in [0.717, 1.165) is 24.0 Å². The van der Waals surface area contributed by atoms with Crippen LogP contribution in [0.5, 0.6) is 0 Å².